The van der Waals surface area contributed by atoms with E-state index < -0.39 is 0 Å². The van der Waals surface area contributed by atoms with Gasteiger partial charge in [-0.2, -0.15) is 0 Å². The lowest BCUT2D eigenvalue weighted by molar-refractivity contribution is 0.154. The highest BCUT2D eigenvalue weighted by atomic mass is 35.5. The maximum absolute atomic E-state index is 13.0. The van der Waals surface area contributed by atoms with Crippen molar-refractivity contribution in [2.24, 2.45) is 0 Å². The largest absolute Gasteiger partial charge is 0.493 e. The maximum atomic E-state index is 13.0. The fourth-order valence-corrected chi connectivity index (χ4v) is 2.81. The monoisotopic (exact) mass is 318 g/mol. The van der Waals surface area contributed by atoms with Gasteiger partial charge in [0.2, 0.25) is 0 Å². The second-order valence-corrected chi connectivity index (χ2v) is 4.86. The lowest BCUT2D eigenvalue weighted by Crippen LogP contribution is -2.45. The van der Waals surface area contributed by atoms with Crippen molar-refractivity contribution in [3.05, 3.63) is 23.8 Å². The number of alkyl halides is 1. The third-order valence-electron chi connectivity index (χ3n) is 3.77. The average Bonchev–Trinajstić information content (AvgIpc) is 2.52. The van der Waals surface area contributed by atoms with Crippen LogP contribution in [0.4, 0.5) is 4.39 Å². The fraction of sp³-hybridized carbons (Fsp3) is 0.600. The Morgan fingerprint density at radius 3 is 2.52 bits per heavy atom. The molecule has 1 aliphatic rings. The van der Waals surface area contributed by atoms with Crippen molar-refractivity contribution in [2.75, 3.05) is 47.1 Å². The van der Waals surface area contributed by atoms with Crippen LogP contribution in [0.3, 0.4) is 0 Å². The zero-order valence-corrected chi connectivity index (χ0v) is 13.4. The summed E-state index contributed by atoms with van der Waals surface area (Å²) in [5.41, 5.74) is 1.01. The van der Waals surface area contributed by atoms with Crippen molar-refractivity contribution in [1.82, 2.24) is 10.2 Å². The molecule has 0 aromatic heterocycles. The zero-order chi connectivity index (χ0) is 14.4. The number of halogens is 2. The molecule has 0 amide bonds. The summed E-state index contributed by atoms with van der Waals surface area (Å²) >= 11 is 0. The zero-order valence-electron chi connectivity index (χ0n) is 12.6. The minimum absolute atomic E-state index is 0. The minimum atomic E-state index is -0.338. The Morgan fingerprint density at radius 2 is 1.95 bits per heavy atom. The van der Waals surface area contributed by atoms with E-state index in [1.165, 1.54) is 0 Å². The second kappa shape index (κ2) is 9.07. The van der Waals surface area contributed by atoms with Gasteiger partial charge >= 0.3 is 0 Å². The van der Waals surface area contributed by atoms with Crippen LogP contribution in [0.25, 0.3) is 0 Å². The normalized spacial score (nSPS) is 16.9. The van der Waals surface area contributed by atoms with Gasteiger partial charge < -0.3 is 14.8 Å². The van der Waals surface area contributed by atoms with Gasteiger partial charge in [-0.1, -0.05) is 12.1 Å². The van der Waals surface area contributed by atoms with Crippen molar-refractivity contribution < 1.29 is 13.9 Å². The van der Waals surface area contributed by atoms with Gasteiger partial charge in [-0.3, -0.25) is 9.29 Å². The first-order valence-corrected chi connectivity index (χ1v) is 7.03. The van der Waals surface area contributed by atoms with Crippen LogP contribution < -0.4 is 14.8 Å². The predicted molar refractivity (Wildman–Crippen MR) is 84.6 cm³/mol. The Labute approximate surface area is 132 Å². The highest BCUT2D eigenvalue weighted by Crippen LogP contribution is 2.38. The molecule has 1 atom stereocenters. The summed E-state index contributed by atoms with van der Waals surface area (Å²) in [5, 5.41) is 3.32. The summed E-state index contributed by atoms with van der Waals surface area (Å²) in [5.74, 6) is 1.41. The van der Waals surface area contributed by atoms with Crippen LogP contribution in [0.5, 0.6) is 11.5 Å². The number of nitrogens with one attached hydrogen (secondary N) is 1. The molecule has 1 fully saturated rings. The Kier molecular flexibility index (Phi) is 7.78. The molecule has 120 valence electrons. The summed E-state index contributed by atoms with van der Waals surface area (Å²) < 4.78 is 23.8. The number of ether oxygens (including phenoxy) is 2. The molecule has 2 rings (SSSR count). The van der Waals surface area contributed by atoms with Gasteiger partial charge in [-0.05, 0) is 12.5 Å². The van der Waals surface area contributed by atoms with Crippen LogP contribution >= 0.6 is 12.4 Å². The van der Waals surface area contributed by atoms with Gasteiger partial charge in [0.15, 0.2) is 11.5 Å². The van der Waals surface area contributed by atoms with Crippen molar-refractivity contribution >= 4 is 12.4 Å². The summed E-state index contributed by atoms with van der Waals surface area (Å²) in [6.45, 7) is 3.38. The van der Waals surface area contributed by atoms with E-state index in [1.54, 1.807) is 14.2 Å². The summed E-state index contributed by atoms with van der Waals surface area (Å²) in [6, 6.07) is 5.84. The van der Waals surface area contributed by atoms with Crippen LogP contribution in [0.2, 0.25) is 0 Å². The number of rotatable bonds is 6. The average molecular weight is 319 g/mol. The lowest BCUT2D eigenvalue weighted by Gasteiger charge is -2.35. The predicted octanol–water partition coefficient (Wildman–Crippen LogP) is 2.43. The molecular weight excluding hydrogens is 295 g/mol. The first kappa shape index (κ1) is 18.0. The van der Waals surface area contributed by atoms with Gasteiger partial charge in [-0.25, -0.2) is 0 Å². The standard InChI is InChI=1S/C15H23FN2O2.ClH/c1-19-14-5-3-4-12(15(14)20-2)13(6-7-16)18-10-8-17-9-11-18;/h3-5,13,17H,6-11H2,1-2H3;1H/t13-;/m1./s1. The molecule has 0 radical (unpaired) electrons. The number of para-hydroxylation sites is 1. The van der Waals surface area contributed by atoms with E-state index in [0.29, 0.717) is 17.9 Å². The molecule has 1 N–H and O–H groups in total. The van der Waals surface area contributed by atoms with Crippen LogP contribution in [-0.4, -0.2) is 52.0 Å². The van der Waals surface area contributed by atoms with Crippen LogP contribution in [0, 0.1) is 0 Å². The SMILES string of the molecule is COc1cccc([C@@H](CCF)N2CCNCC2)c1OC.Cl. The molecule has 0 saturated carbocycles. The first-order valence-electron chi connectivity index (χ1n) is 7.03. The highest BCUT2D eigenvalue weighted by molar-refractivity contribution is 5.85. The van der Waals surface area contributed by atoms with Crippen molar-refractivity contribution in [3.8, 4) is 11.5 Å². The van der Waals surface area contributed by atoms with Gasteiger partial charge in [0.05, 0.1) is 20.9 Å². The molecule has 21 heavy (non-hydrogen) atoms. The number of benzene rings is 1. The third-order valence-corrected chi connectivity index (χ3v) is 3.77. The topological polar surface area (TPSA) is 33.7 Å². The Hall–Kier alpha value is -1.04. The Bertz CT molecular complexity index is 428. The van der Waals surface area contributed by atoms with Crippen molar-refractivity contribution in [2.45, 2.75) is 12.5 Å². The Balaban J connectivity index is 0.00000220. The second-order valence-electron chi connectivity index (χ2n) is 4.86. The third kappa shape index (κ3) is 4.22. The van der Waals surface area contributed by atoms with Crippen molar-refractivity contribution in [3.63, 3.8) is 0 Å². The lowest BCUT2D eigenvalue weighted by atomic mass is 10.00. The van der Waals surface area contributed by atoms with Crippen molar-refractivity contribution in [1.29, 1.82) is 0 Å². The Morgan fingerprint density at radius 1 is 1.24 bits per heavy atom. The number of hydrogen-bond acceptors (Lipinski definition) is 4. The van der Waals surface area contributed by atoms with Gasteiger partial charge in [0, 0.05) is 37.8 Å². The van der Waals surface area contributed by atoms with E-state index in [2.05, 4.69) is 10.2 Å². The molecule has 0 bridgehead atoms. The molecule has 0 spiro atoms. The van der Waals surface area contributed by atoms with E-state index in [9.17, 15) is 4.39 Å². The molecule has 1 saturated heterocycles. The van der Waals surface area contributed by atoms with Gasteiger partial charge in [0.25, 0.3) is 0 Å². The first-order chi connectivity index (χ1) is 9.81. The quantitative estimate of drug-likeness (QED) is 0.873. The molecular formula is C15H24ClFN2O2. The number of nitrogens with zero attached hydrogens (tertiary/aromatic N) is 1. The number of methoxy groups -OCH3 is 2. The van der Waals surface area contributed by atoms with Gasteiger partial charge in [0.1, 0.15) is 0 Å². The molecule has 1 aliphatic heterocycles. The minimum Gasteiger partial charge on any atom is -0.493 e. The van der Waals surface area contributed by atoms with E-state index in [0.717, 1.165) is 31.7 Å². The number of piperazine rings is 1. The van der Waals surface area contributed by atoms with Crippen LogP contribution in [0.15, 0.2) is 18.2 Å². The van der Waals surface area contributed by atoms with E-state index >= 15 is 0 Å². The molecule has 4 nitrogen and oxygen atoms in total. The van der Waals surface area contributed by atoms with Gasteiger partial charge in [-0.15, -0.1) is 12.4 Å². The summed E-state index contributed by atoms with van der Waals surface area (Å²) in [7, 11) is 3.25. The summed E-state index contributed by atoms with van der Waals surface area (Å²) in [4.78, 5) is 2.31. The molecule has 0 unspecified atom stereocenters. The van der Waals surface area contributed by atoms with E-state index in [-0.39, 0.29) is 25.1 Å². The maximum Gasteiger partial charge on any atom is 0.165 e. The highest BCUT2D eigenvalue weighted by Gasteiger charge is 2.26. The van der Waals surface area contributed by atoms with Crippen LogP contribution in [-0.2, 0) is 0 Å². The molecule has 1 heterocycles. The fourth-order valence-electron chi connectivity index (χ4n) is 2.81. The molecule has 1 aromatic carbocycles. The van der Waals surface area contributed by atoms with E-state index in [1.807, 2.05) is 18.2 Å². The van der Waals surface area contributed by atoms with E-state index in [4.69, 9.17) is 9.47 Å². The molecule has 0 aliphatic carbocycles. The molecule has 1 aromatic rings. The molecule has 6 heteroatoms. The smallest absolute Gasteiger partial charge is 0.165 e. The number of hydrogen-bond donors (Lipinski definition) is 1. The summed E-state index contributed by atoms with van der Waals surface area (Å²) in [6.07, 6.45) is 0.476. The van der Waals surface area contributed by atoms with Crippen LogP contribution in [0.1, 0.15) is 18.0 Å².